The summed E-state index contributed by atoms with van der Waals surface area (Å²) in [4.78, 5) is 16.9. The maximum atomic E-state index is 10.4. The fourth-order valence-corrected chi connectivity index (χ4v) is 1.96. The predicted octanol–water partition coefficient (Wildman–Crippen LogP) is 0.780. The second-order valence-corrected chi connectivity index (χ2v) is 4.05. The number of hydrogen-bond acceptors (Lipinski definition) is 2. The Morgan fingerprint density at radius 1 is 1.17 bits per heavy atom. The average Bonchev–Trinajstić information content (AvgIpc) is 1.85. The minimum absolute atomic E-state index is 0. The normalized spacial score (nSPS) is 20.2. The molecule has 2 N–H and O–H groups in total. The molecular formula is C6H14NaO4P. The quantitative estimate of drug-likeness (QED) is 0.515. The first kappa shape index (κ1) is 13.1. The van der Waals surface area contributed by atoms with Crippen LogP contribution in [0.4, 0.5) is 0 Å². The van der Waals surface area contributed by atoms with Crippen molar-refractivity contribution in [3.05, 3.63) is 0 Å². The first-order valence-corrected chi connectivity index (χ1v) is 5.35. The topological polar surface area (TPSA) is 66.8 Å². The predicted molar refractivity (Wildman–Crippen MR) is 47.2 cm³/mol. The van der Waals surface area contributed by atoms with E-state index in [1.54, 1.807) is 0 Å². The van der Waals surface area contributed by atoms with Gasteiger partial charge in [-0.2, -0.15) is 0 Å². The third-order valence-electron chi connectivity index (χ3n) is 1.84. The molecule has 0 heterocycles. The molecule has 0 aromatic rings. The van der Waals surface area contributed by atoms with Gasteiger partial charge in [0, 0.05) is 0 Å². The molecule has 0 aromatic heterocycles. The van der Waals surface area contributed by atoms with Crippen molar-refractivity contribution in [3.8, 4) is 0 Å². The summed E-state index contributed by atoms with van der Waals surface area (Å²) in [5.74, 6) is 0. The van der Waals surface area contributed by atoms with Gasteiger partial charge in [0.2, 0.25) is 0 Å². The van der Waals surface area contributed by atoms with Crippen molar-refractivity contribution < 1.29 is 18.9 Å². The molecule has 68 valence electrons. The Hall–Kier alpha value is 1.11. The van der Waals surface area contributed by atoms with Crippen molar-refractivity contribution in [2.24, 2.45) is 0 Å². The van der Waals surface area contributed by atoms with E-state index in [4.69, 9.17) is 9.79 Å². The van der Waals surface area contributed by atoms with Crippen molar-refractivity contribution >= 4 is 37.4 Å². The van der Waals surface area contributed by atoms with Crippen LogP contribution in [-0.4, -0.2) is 45.4 Å². The molecule has 0 amide bonds. The van der Waals surface area contributed by atoms with Crippen LogP contribution in [0.5, 0.6) is 0 Å². The van der Waals surface area contributed by atoms with E-state index in [-0.39, 0.29) is 35.7 Å². The van der Waals surface area contributed by atoms with Gasteiger partial charge in [0.1, 0.15) is 0 Å². The minimum atomic E-state index is -4.23. The van der Waals surface area contributed by atoms with Gasteiger partial charge in [0.05, 0.1) is 6.10 Å². The fraction of sp³-hybridized carbons (Fsp3) is 1.00. The molecule has 4 nitrogen and oxygen atoms in total. The summed E-state index contributed by atoms with van der Waals surface area (Å²) in [6, 6.07) is 0. The molecule has 0 saturated heterocycles. The molecule has 0 unspecified atom stereocenters. The van der Waals surface area contributed by atoms with Gasteiger partial charge in [-0.05, 0) is 12.8 Å². The van der Waals surface area contributed by atoms with Crippen molar-refractivity contribution in [3.63, 3.8) is 0 Å². The van der Waals surface area contributed by atoms with Gasteiger partial charge in [-0.1, -0.05) is 19.3 Å². The summed E-state index contributed by atoms with van der Waals surface area (Å²) in [6.45, 7) is 0. The van der Waals surface area contributed by atoms with E-state index in [1.165, 1.54) is 0 Å². The monoisotopic (exact) mass is 204 g/mol. The first-order chi connectivity index (χ1) is 5.08. The molecule has 1 rings (SSSR count). The average molecular weight is 204 g/mol. The molecule has 0 bridgehead atoms. The molecule has 1 fully saturated rings. The molecule has 12 heavy (non-hydrogen) atoms. The standard InChI is InChI=1S/C6H13O4P.Na.H/c7-11(8,9)10-6-4-2-1-3-5-6;;/h6H,1-5H2,(H2,7,8,9);;. The van der Waals surface area contributed by atoms with Gasteiger partial charge in [-0.25, -0.2) is 4.57 Å². The van der Waals surface area contributed by atoms with Crippen molar-refractivity contribution in [1.29, 1.82) is 0 Å². The summed E-state index contributed by atoms with van der Waals surface area (Å²) in [6.07, 6.45) is 4.54. The van der Waals surface area contributed by atoms with Crippen LogP contribution in [0.1, 0.15) is 32.1 Å². The fourth-order valence-electron chi connectivity index (χ4n) is 1.36. The molecule has 0 atom stereocenters. The van der Waals surface area contributed by atoms with Crippen LogP contribution in [0.25, 0.3) is 0 Å². The summed E-state index contributed by atoms with van der Waals surface area (Å²) in [5, 5.41) is 0. The summed E-state index contributed by atoms with van der Waals surface area (Å²) in [5.41, 5.74) is 0. The van der Waals surface area contributed by atoms with Crippen LogP contribution < -0.4 is 0 Å². The Bertz CT molecular complexity index is 163. The van der Waals surface area contributed by atoms with Gasteiger partial charge in [0.25, 0.3) is 0 Å². The second kappa shape index (κ2) is 5.76. The van der Waals surface area contributed by atoms with Crippen molar-refractivity contribution in [2.45, 2.75) is 38.2 Å². The maximum absolute atomic E-state index is 10.4. The van der Waals surface area contributed by atoms with Crippen molar-refractivity contribution in [2.75, 3.05) is 0 Å². The van der Waals surface area contributed by atoms with E-state index in [2.05, 4.69) is 4.52 Å². The van der Waals surface area contributed by atoms with Gasteiger partial charge in [-0.3, -0.25) is 4.52 Å². The van der Waals surface area contributed by atoms with Gasteiger partial charge in [-0.15, -0.1) is 0 Å². The zero-order valence-electron chi connectivity index (χ0n) is 6.27. The van der Waals surface area contributed by atoms with Crippen LogP contribution in [0, 0.1) is 0 Å². The molecule has 0 aromatic carbocycles. The molecule has 1 aliphatic carbocycles. The third-order valence-corrected chi connectivity index (χ3v) is 2.41. The summed E-state index contributed by atoms with van der Waals surface area (Å²) < 4.78 is 14.9. The van der Waals surface area contributed by atoms with E-state index in [0.717, 1.165) is 32.1 Å². The van der Waals surface area contributed by atoms with E-state index in [1.807, 2.05) is 0 Å². The Balaban J connectivity index is 0.00000121. The van der Waals surface area contributed by atoms with Crippen LogP contribution in [0.3, 0.4) is 0 Å². The molecule has 1 aliphatic rings. The second-order valence-electron chi connectivity index (χ2n) is 2.86. The number of hydrogen-bond donors (Lipinski definition) is 2. The Kier molecular flexibility index (Phi) is 6.29. The SMILES string of the molecule is O=P(O)(O)OC1CCCCC1.[NaH]. The molecule has 0 spiro atoms. The van der Waals surface area contributed by atoms with E-state index in [0.29, 0.717) is 0 Å². The van der Waals surface area contributed by atoms with E-state index in [9.17, 15) is 4.57 Å². The first-order valence-electron chi connectivity index (χ1n) is 3.82. The number of phosphoric acid groups is 1. The zero-order chi connectivity index (χ0) is 8.32. The van der Waals surface area contributed by atoms with Crippen LogP contribution >= 0.6 is 7.82 Å². The Morgan fingerprint density at radius 2 is 1.67 bits per heavy atom. The van der Waals surface area contributed by atoms with Crippen molar-refractivity contribution in [1.82, 2.24) is 0 Å². The van der Waals surface area contributed by atoms with E-state index >= 15 is 0 Å². The molecule has 6 heteroatoms. The van der Waals surface area contributed by atoms with Crippen LogP contribution in [-0.2, 0) is 9.09 Å². The molecule has 0 aliphatic heterocycles. The third kappa shape index (κ3) is 5.70. The Labute approximate surface area is 94.2 Å². The number of phosphoric ester groups is 1. The van der Waals surface area contributed by atoms with Crippen LogP contribution in [0.2, 0.25) is 0 Å². The van der Waals surface area contributed by atoms with E-state index < -0.39 is 7.82 Å². The number of rotatable bonds is 2. The molecule has 1 saturated carbocycles. The summed E-state index contributed by atoms with van der Waals surface area (Å²) in [7, 11) is -4.23. The zero-order valence-corrected chi connectivity index (χ0v) is 7.17. The summed E-state index contributed by atoms with van der Waals surface area (Å²) >= 11 is 0. The van der Waals surface area contributed by atoms with Gasteiger partial charge in [0.15, 0.2) is 0 Å². The van der Waals surface area contributed by atoms with Gasteiger partial charge < -0.3 is 9.79 Å². The van der Waals surface area contributed by atoms with Crippen LogP contribution in [0.15, 0.2) is 0 Å². The Morgan fingerprint density at radius 3 is 2.08 bits per heavy atom. The van der Waals surface area contributed by atoms with Gasteiger partial charge >= 0.3 is 37.4 Å². The molecule has 0 radical (unpaired) electrons. The molecular weight excluding hydrogens is 190 g/mol.